The van der Waals surface area contributed by atoms with Crippen molar-refractivity contribution >= 4 is 35.2 Å². The molecule has 0 aliphatic rings. The van der Waals surface area contributed by atoms with E-state index in [9.17, 15) is 19.5 Å². The van der Waals surface area contributed by atoms with Gasteiger partial charge in [0.1, 0.15) is 18.2 Å². The monoisotopic (exact) mass is 584 g/mol. The summed E-state index contributed by atoms with van der Waals surface area (Å²) in [5.74, 6) is -1.33. The predicted molar refractivity (Wildman–Crippen MR) is 162 cm³/mol. The van der Waals surface area contributed by atoms with Gasteiger partial charge in [0, 0.05) is 17.8 Å². The number of thiocarbonyl (C=S) groups is 1. The molecule has 12 heteroatoms. The van der Waals surface area contributed by atoms with Crippen molar-refractivity contribution in [2.75, 3.05) is 13.1 Å². The molecule has 0 saturated heterocycles. The second-order valence-electron chi connectivity index (χ2n) is 9.86. The highest BCUT2D eigenvalue weighted by Crippen LogP contribution is 2.13. The number of benzene rings is 2. The maximum absolute atomic E-state index is 12.6. The Morgan fingerprint density at radius 2 is 1.56 bits per heavy atom. The number of hydrogen-bond acceptors (Lipinski definition) is 10. The van der Waals surface area contributed by atoms with Crippen LogP contribution in [0.2, 0.25) is 0 Å². The molecule has 0 radical (unpaired) electrons. The largest absolute Gasteiger partial charge is 0.508 e. The minimum Gasteiger partial charge on any atom is -0.508 e. The first kappa shape index (κ1) is 33.7. The molecule has 0 heterocycles. The highest BCUT2D eigenvalue weighted by Gasteiger charge is 2.25. The Labute approximate surface area is 245 Å². The molecular formula is C29H40N6O5S. The van der Waals surface area contributed by atoms with Gasteiger partial charge in [-0.05, 0) is 43.5 Å². The van der Waals surface area contributed by atoms with Gasteiger partial charge in [0.15, 0.2) is 5.78 Å². The molecule has 222 valence electrons. The van der Waals surface area contributed by atoms with E-state index in [-0.39, 0.29) is 25.3 Å². The minimum atomic E-state index is -0.914. The predicted octanol–water partition coefficient (Wildman–Crippen LogP) is 0.185. The Hall–Kier alpha value is -3.52. The van der Waals surface area contributed by atoms with E-state index in [1.807, 2.05) is 44.2 Å². The molecule has 41 heavy (non-hydrogen) atoms. The maximum atomic E-state index is 12.6. The number of rotatable bonds is 17. The van der Waals surface area contributed by atoms with Gasteiger partial charge in [-0.1, -0.05) is 66.3 Å². The third kappa shape index (κ3) is 12.7. The molecule has 5 unspecified atom stereocenters. The van der Waals surface area contributed by atoms with E-state index in [0.717, 1.165) is 22.1 Å². The fraction of sp³-hybridized carbons (Fsp3) is 0.379. The summed E-state index contributed by atoms with van der Waals surface area (Å²) in [5.41, 5.74) is 21.3. The van der Waals surface area contributed by atoms with Gasteiger partial charge in [-0.3, -0.25) is 19.7 Å². The summed E-state index contributed by atoms with van der Waals surface area (Å²) >= 11 is 4.76. The number of ketones is 1. The lowest BCUT2D eigenvalue weighted by Crippen LogP contribution is -2.56. The van der Waals surface area contributed by atoms with Crippen molar-refractivity contribution in [3.63, 3.8) is 0 Å². The quantitative estimate of drug-likeness (QED) is 0.0766. The van der Waals surface area contributed by atoms with Gasteiger partial charge >= 0.3 is 0 Å². The third-order valence-corrected chi connectivity index (χ3v) is 6.23. The van der Waals surface area contributed by atoms with Crippen LogP contribution in [0.25, 0.3) is 0 Å². The van der Waals surface area contributed by atoms with Gasteiger partial charge in [-0.15, -0.1) is 0 Å². The Bertz CT molecular complexity index is 1170. The topological polar surface area (TPSA) is 195 Å². The first-order valence-corrected chi connectivity index (χ1v) is 13.6. The standard InChI is InChI=1S/C29H40N6O5S/c1-18(2)12-22(30)28(32)40-29(23(31)13-20-8-10-21(36)11-9-20)34-15-26(38)33-16-27(39)35-24(25(37)17-41)14-19-6-4-3-5-7-19/h3-12,17,22-24,28-29,34,36H,13-16,30-32H2,1-2H3,(H,33,38)(H,35,39). The number of amides is 2. The van der Waals surface area contributed by atoms with Crippen LogP contribution in [-0.4, -0.2) is 71.7 Å². The Kier molecular flexibility index (Phi) is 14.2. The molecule has 2 rings (SSSR count). The lowest BCUT2D eigenvalue weighted by atomic mass is 10.0. The maximum Gasteiger partial charge on any atom is 0.240 e. The normalized spacial score (nSPS) is 14.6. The molecular weight excluding hydrogens is 544 g/mol. The number of carbonyl (C=O) groups is 3. The summed E-state index contributed by atoms with van der Waals surface area (Å²) in [6.45, 7) is 3.17. The van der Waals surface area contributed by atoms with Crippen molar-refractivity contribution in [2.45, 2.75) is 57.3 Å². The molecule has 5 atom stereocenters. The molecule has 10 N–H and O–H groups in total. The summed E-state index contributed by atoms with van der Waals surface area (Å²) in [6.07, 6.45) is 0.593. The van der Waals surface area contributed by atoms with E-state index >= 15 is 0 Å². The van der Waals surface area contributed by atoms with Crippen molar-refractivity contribution in [1.29, 1.82) is 0 Å². The summed E-state index contributed by atoms with van der Waals surface area (Å²) in [6, 6.07) is 13.6. The first-order valence-electron chi connectivity index (χ1n) is 13.2. The number of nitrogens with one attached hydrogen (secondary N) is 3. The Morgan fingerprint density at radius 1 is 0.927 bits per heavy atom. The van der Waals surface area contributed by atoms with Crippen molar-refractivity contribution in [1.82, 2.24) is 16.0 Å². The second kappa shape index (κ2) is 17.3. The molecule has 0 aromatic heterocycles. The van der Waals surface area contributed by atoms with Crippen LogP contribution in [0.1, 0.15) is 25.0 Å². The van der Waals surface area contributed by atoms with Crippen LogP contribution in [0.15, 0.2) is 66.2 Å². The van der Waals surface area contributed by atoms with Gasteiger partial charge in [0.25, 0.3) is 0 Å². The first-order chi connectivity index (χ1) is 19.5. The third-order valence-electron chi connectivity index (χ3n) is 5.99. The number of allylic oxidation sites excluding steroid dienone is 1. The lowest BCUT2D eigenvalue weighted by molar-refractivity contribution is -0.127. The van der Waals surface area contributed by atoms with Crippen LogP contribution in [0.4, 0.5) is 0 Å². The fourth-order valence-electron chi connectivity index (χ4n) is 3.89. The summed E-state index contributed by atoms with van der Waals surface area (Å²) < 4.78 is 5.91. The molecule has 0 aliphatic carbocycles. The van der Waals surface area contributed by atoms with Gasteiger partial charge < -0.3 is 37.7 Å². The average Bonchev–Trinajstić information content (AvgIpc) is 2.94. The van der Waals surface area contributed by atoms with E-state index in [1.54, 1.807) is 30.3 Å². The van der Waals surface area contributed by atoms with E-state index < -0.39 is 48.2 Å². The van der Waals surface area contributed by atoms with Crippen molar-refractivity contribution in [3.05, 3.63) is 77.4 Å². The van der Waals surface area contributed by atoms with E-state index in [0.29, 0.717) is 6.42 Å². The number of phenolic OH excluding ortho intramolecular Hbond substituents is 1. The highest BCUT2D eigenvalue weighted by molar-refractivity contribution is 7.80. The number of aromatic hydroxyl groups is 1. The van der Waals surface area contributed by atoms with Crippen molar-refractivity contribution in [3.8, 4) is 5.75 Å². The molecule has 0 bridgehead atoms. The zero-order valence-corrected chi connectivity index (χ0v) is 24.1. The number of nitrogens with two attached hydrogens (primary N) is 3. The van der Waals surface area contributed by atoms with Crippen LogP contribution in [0.5, 0.6) is 5.75 Å². The zero-order chi connectivity index (χ0) is 30.4. The van der Waals surface area contributed by atoms with Gasteiger partial charge in [-0.25, -0.2) is 0 Å². The smallest absolute Gasteiger partial charge is 0.240 e. The molecule has 11 nitrogen and oxygen atoms in total. The SMILES string of the molecule is CC(C)=CC(N)C(N)OC(NCC(=O)NCC(=O)NC(Cc1ccccc1)C(=O)C=S)C(N)Cc1ccc(O)cc1. The minimum absolute atomic E-state index is 0.127. The zero-order valence-electron chi connectivity index (χ0n) is 23.3. The summed E-state index contributed by atoms with van der Waals surface area (Å²) in [7, 11) is 0. The van der Waals surface area contributed by atoms with Crippen LogP contribution in [0.3, 0.4) is 0 Å². The van der Waals surface area contributed by atoms with E-state index in [1.165, 1.54) is 0 Å². The molecule has 0 spiro atoms. The molecule has 2 amide bonds. The molecule has 2 aromatic carbocycles. The number of ether oxygens (including phenoxy) is 1. The van der Waals surface area contributed by atoms with Crippen molar-refractivity contribution in [2.24, 2.45) is 17.2 Å². The van der Waals surface area contributed by atoms with Gasteiger partial charge in [0.05, 0.1) is 25.2 Å². The number of Topliss-reactive ketones (excluding diaryl/α,β-unsaturated/α-hetero) is 1. The molecule has 2 aromatic rings. The second-order valence-corrected chi connectivity index (χ2v) is 10.1. The summed E-state index contributed by atoms with van der Waals surface area (Å²) in [5, 5.41) is 18.6. The van der Waals surface area contributed by atoms with Crippen LogP contribution in [0, 0.1) is 0 Å². The van der Waals surface area contributed by atoms with Crippen LogP contribution < -0.4 is 33.2 Å². The summed E-state index contributed by atoms with van der Waals surface area (Å²) in [4.78, 5) is 37.3. The number of phenols is 1. The van der Waals surface area contributed by atoms with Gasteiger partial charge in [-0.2, -0.15) is 0 Å². The van der Waals surface area contributed by atoms with Crippen LogP contribution >= 0.6 is 12.2 Å². The molecule has 0 saturated carbocycles. The molecule has 0 aliphatic heterocycles. The Morgan fingerprint density at radius 3 is 2.17 bits per heavy atom. The van der Waals surface area contributed by atoms with Crippen LogP contribution in [-0.2, 0) is 32.0 Å². The highest BCUT2D eigenvalue weighted by atomic mass is 32.1. The van der Waals surface area contributed by atoms with E-state index in [4.69, 9.17) is 34.2 Å². The fourth-order valence-corrected chi connectivity index (χ4v) is 4.05. The lowest BCUT2D eigenvalue weighted by Gasteiger charge is -2.30. The Balaban J connectivity index is 1.96. The molecule has 0 fully saturated rings. The van der Waals surface area contributed by atoms with Gasteiger partial charge in [0.2, 0.25) is 11.8 Å². The number of carbonyl (C=O) groups excluding carboxylic acids is 3. The van der Waals surface area contributed by atoms with E-state index in [2.05, 4.69) is 16.0 Å². The number of hydrogen-bond donors (Lipinski definition) is 7. The van der Waals surface area contributed by atoms with Crippen molar-refractivity contribution < 1.29 is 24.2 Å². The average molecular weight is 585 g/mol.